The van der Waals surface area contributed by atoms with Crippen LogP contribution in [-0.4, -0.2) is 29.1 Å². The van der Waals surface area contributed by atoms with Crippen LogP contribution in [0.2, 0.25) is 0 Å². The number of carbonyl (C=O) groups is 2. The standard InChI is InChI=1S/C13H14F2N2O3/c14-8-2-3-10(9(15)6-8)17-12(19)11(18)16-7-13(20)4-1-5-13/h2-3,6,20H,1,4-5,7H2,(H,16,18)(H,17,19). The van der Waals surface area contributed by atoms with E-state index in [1.807, 2.05) is 5.32 Å². The molecule has 0 spiro atoms. The van der Waals surface area contributed by atoms with Gasteiger partial charge in [0.25, 0.3) is 0 Å². The fourth-order valence-corrected chi connectivity index (χ4v) is 1.86. The molecule has 1 fully saturated rings. The van der Waals surface area contributed by atoms with Crippen molar-refractivity contribution in [2.45, 2.75) is 24.9 Å². The van der Waals surface area contributed by atoms with E-state index in [1.54, 1.807) is 0 Å². The van der Waals surface area contributed by atoms with Crippen molar-refractivity contribution < 1.29 is 23.5 Å². The molecule has 1 aromatic carbocycles. The number of hydrogen-bond acceptors (Lipinski definition) is 3. The molecule has 1 aliphatic rings. The van der Waals surface area contributed by atoms with Gasteiger partial charge in [0.15, 0.2) is 0 Å². The van der Waals surface area contributed by atoms with Gasteiger partial charge < -0.3 is 15.7 Å². The second-order valence-corrected chi connectivity index (χ2v) is 4.84. The average molecular weight is 284 g/mol. The minimum absolute atomic E-state index is 0.0227. The Hall–Kier alpha value is -2.02. The quantitative estimate of drug-likeness (QED) is 0.723. The lowest BCUT2D eigenvalue weighted by atomic mass is 9.80. The first-order valence-electron chi connectivity index (χ1n) is 6.16. The van der Waals surface area contributed by atoms with E-state index < -0.39 is 29.0 Å². The van der Waals surface area contributed by atoms with E-state index in [4.69, 9.17) is 0 Å². The Morgan fingerprint density at radius 2 is 1.95 bits per heavy atom. The zero-order valence-corrected chi connectivity index (χ0v) is 10.6. The molecule has 0 aromatic heterocycles. The third-order valence-electron chi connectivity index (χ3n) is 3.25. The lowest BCUT2D eigenvalue weighted by molar-refractivity contribution is -0.137. The van der Waals surface area contributed by atoms with Crippen LogP contribution in [0.5, 0.6) is 0 Å². The van der Waals surface area contributed by atoms with Crippen LogP contribution in [0.4, 0.5) is 14.5 Å². The third-order valence-corrected chi connectivity index (χ3v) is 3.25. The molecule has 108 valence electrons. The normalized spacial score (nSPS) is 16.1. The van der Waals surface area contributed by atoms with Gasteiger partial charge in [0.05, 0.1) is 11.3 Å². The number of hydrogen-bond donors (Lipinski definition) is 3. The van der Waals surface area contributed by atoms with Crippen molar-refractivity contribution in [3.63, 3.8) is 0 Å². The molecule has 0 heterocycles. The Morgan fingerprint density at radius 1 is 1.25 bits per heavy atom. The van der Waals surface area contributed by atoms with Crippen molar-refractivity contribution in [1.82, 2.24) is 5.32 Å². The summed E-state index contributed by atoms with van der Waals surface area (Å²) in [6, 6.07) is 2.59. The smallest absolute Gasteiger partial charge is 0.313 e. The van der Waals surface area contributed by atoms with Gasteiger partial charge in [0.2, 0.25) is 0 Å². The third kappa shape index (κ3) is 3.30. The molecule has 1 aliphatic carbocycles. The number of rotatable bonds is 3. The molecule has 0 aliphatic heterocycles. The predicted octanol–water partition coefficient (Wildman–Crippen LogP) is 0.934. The summed E-state index contributed by atoms with van der Waals surface area (Å²) in [6.45, 7) is -0.0227. The summed E-state index contributed by atoms with van der Waals surface area (Å²) >= 11 is 0. The van der Waals surface area contributed by atoms with E-state index in [2.05, 4.69) is 5.32 Å². The van der Waals surface area contributed by atoms with Crippen molar-refractivity contribution in [1.29, 1.82) is 0 Å². The number of benzene rings is 1. The fourth-order valence-electron chi connectivity index (χ4n) is 1.86. The first kappa shape index (κ1) is 14.4. The molecule has 2 rings (SSSR count). The highest BCUT2D eigenvalue weighted by Crippen LogP contribution is 2.30. The summed E-state index contributed by atoms with van der Waals surface area (Å²) in [7, 11) is 0. The zero-order chi connectivity index (χ0) is 14.8. The van der Waals surface area contributed by atoms with Crippen molar-refractivity contribution in [3.05, 3.63) is 29.8 Å². The predicted molar refractivity (Wildman–Crippen MR) is 66.8 cm³/mol. The summed E-state index contributed by atoms with van der Waals surface area (Å²) < 4.78 is 26.0. The number of nitrogens with one attached hydrogen (secondary N) is 2. The molecule has 1 saturated carbocycles. The van der Waals surface area contributed by atoms with Crippen molar-refractivity contribution >= 4 is 17.5 Å². The van der Waals surface area contributed by atoms with Crippen LogP contribution in [0.3, 0.4) is 0 Å². The van der Waals surface area contributed by atoms with Crippen LogP contribution in [-0.2, 0) is 9.59 Å². The number of anilines is 1. The van der Waals surface area contributed by atoms with Crippen LogP contribution >= 0.6 is 0 Å². The molecule has 2 amide bonds. The van der Waals surface area contributed by atoms with E-state index in [9.17, 15) is 23.5 Å². The number of aliphatic hydroxyl groups is 1. The zero-order valence-electron chi connectivity index (χ0n) is 10.6. The summed E-state index contributed by atoms with van der Waals surface area (Å²) in [6.07, 6.45) is 2.02. The van der Waals surface area contributed by atoms with Gasteiger partial charge in [-0.2, -0.15) is 0 Å². The van der Waals surface area contributed by atoms with E-state index in [1.165, 1.54) is 0 Å². The SMILES string of the molecule is O=C(NCC1(O)CCC1)C(=O)Nc1ccc(F)cc1F. The van der Waals surface area contributed by atoms with Gasteiger partial charge in [-0.3, -0.25) is 9.59 Å². The number of amides is 2. The highest BCUT2D eigenvalue weighted by molar-refractivity contribution is 6.39. The van der Waals surface area contributed by atoms with E-state index >= 15 is 0 Å². The summed E-state index contributed by atoms with van der Waals surface area (Å²) in [4.78, 5) is 23.0. The van der Waals surface area contributed by atoms with Crippen molar-refractivity contribution in [2.75, 3.05) is 11.9 Å². The van der Waals surface area contributed by atoms with Gasteiger partial charge in [-0.1, -0.05) is 0 Å². The van der Waals surface area contributed by atoms with Crippen LogP contribution in [0, 0.1) is 11.6 Å². The molecule has 0 bridgehead atoms. The topological polar surface area (TPSA) is 78.4 Å². The van der Waals surface area contributed by atoms with Gasteiger partial charge in [-0.25, -0.2) is 8.78 Å². The lowest BCUT2D eigenvalue weighted by Crippen LogP contribution is -2.49. The largest absolute Gasteiger partial charge is 0.388 e. The van der Waals surface area contributed by atoms with Crippen LogP contribution < -0.4 is 10.6 Å². The molecule has 20 heavy (non-hydrogen) atoms. The Bertz CT molecular complexity index is 544. The monoisotopic (exact) mass is 284 g/mol. The lowest BCUT2D eigenvalue weighted by Gasteiger charge is -2.36. The molecule has 7 heteroatoms. The molecular formula is C13H14F2N2O3. The fraction of sp³-hybridized carbons (Fsp3) is 0.385. The first-order chi connectivity index (χ1) is 9.39. The van der Waals surface area contributed by atoms with Gasteiger partial charge in [0.1, 0.15) is 11.6 Å². The average Bonchev–Trinajstić information content (AvgIpc) is 2.36. The van der Waals surface area contributed by atoms with Crippen LogP contribution in [0.1, 0.15) is 19.3 Å². The Labute approximate surface area is 114 Å². The second-order valence-electron chi connectivity index (χ2n) is 4.84. The minimum Gasteiger partial charge on any atom is -0.388 e. The van der Waals surface area contributed by atoms with E-state index in [-0.39, 0.29) is 12.2 Å². The maximum absolute atomic E-state index is 13.3. The van der Waals surface area contributed by atoms with Gasteiger partial charge in [-0.05, 0) is 31.4 Å². The molecule has 0 saturated heterocycles. The van der Waals surface area contributed by atoms with Gasteiger partial charge in [-0.15, -0.1) is 0 Å². The van der Waals surface area contributed by atoms with Crippen LogP contribution in [0.15, 0.2) is 18.2 Å². The molecular weight excluding hydrogens is 270 g/mol. The molecule has 5 nitrogen and oxygen atoms in total. The van der Waals surface area contributed by atoms with E-state index in [0.29, 0.717) is 18.9 Å². The highest BCUT2D eigenvalue weighted by Gasteiger charge is 2.35. The summed E-state index contributed by atoms with van der Waals surface area (Å²) in [5, 5.41) is 14.1. The Morgan fingerprint density at radius 3 is 2.50 bits per heavy atom. The molecule has 0 radical (unpaired) electrons. The maximum atomic E-state index is 13.3. The second kappa shape index (κ2) is 5.54. The number of carbonyl (C=O) groups excluding carboxylic acids is 2. The maximum Gasteiger partial charge on any atom is 0.313 e. The van der Waals surface area contributed by atoms with E-state index in [0.717, 1.165) is 18.6 Å². The van der Waals surface area contributed by atoms with Gasteiger partial charge >= 0.3 is 11.8 Å². The Kier molecular flexibility index (Phi) is 3.99. The summed E-state index contributed by atoms with van der Waals surface area (Å²) in [5.41, 5.74) is -1.23. The number of halogens is 2. The molecule has 0 unspecified atom stereocenters. The van der Waals surface area contributed by atoms with Crippen molar-refractivity contribution in [3.8, 4) is 0 Å². The highest BCUT2D eigenvalue weighted by atomic mass is 19.1. The minimum atomic E-state index is -1.07. The Balaban J connectivity index is 1.88. The van der Waals surface area contributed by atoms with Gasteiger partial charge in [0, 0.05) is 12.6 Å². The molecule has 1 aromatic rings. The summed E-state index contributed by atoms with van der Waals surface area (Å²) in [5.74, 6) is -3.80. The molecule has 3 N–H and O–H groups in total. The van der Waals surface area contributed by atoms with Crippen LogP contribution in [0.25, 0.3) is 0 Å². The van der Waals surface area contributed by atoms with Crippen molar-refractivity contribution in [2.24, 2.45) is 0 Å². The molecule has 0 atom stereocenters. The first-order valence-corrected chi connectivity index (χ1v) is 6.16.